The number of hydrogen-bond acceptors (Lipinski definition) is 5. The van der Waals surface area contributed by atoms with E-state index in [2.05, 4.69) is 10.6 Å². The summed E-state index contributed by atoms with van der Waals surface area (Å²) in [5.74, 6) is -0.228. The van der Waals surface area contributed by atoms with E-state index >= 15 is 0 Å². The predicted molar refractivity (Wildman–Crippen MR) is 104 cm³/mol. The van der Waals surface area contributed by atoms with Crippen molar-refractivity contribution in [1.29, 1.82) is 0 Å². The monoisotopic (exact) mass is 351 g/mol. The summed E-state index contributed by atoms with van der Waals surface area (Å²) in [5, 5.41) is 8.41. The normalized spacial score (nSPS) is 13.7. The number of ketones is 2. The highest BCUT2D eigenvalue weighted by Gasteiger charge is 2.25. The maximum absolute atomic E-state index is 12.7. The number of unbranched alkanes of at least 4 members (excludes halogenated alkanes) is 1. The Kier molecular flexibility index (Phi) is 6.15. The first-order chi connectivity index (χ1) is 12.7. The molecule has 0 fully saturated rings. The summed E-state index contributed by atoms with van der Waals surface area (Å²) in [6.45, 7) is 3.20. The molecule has 0 atom stereocenters. The van der Waals surface area contributed by atoms with E-state index in [-0.39, 0.29) is 11.6 Å². The molecule has 4 N–H and O–H groups in total. The molecular weight excluding hydrogens is 326 g/mol. The second kappa shape index (κ2) is 8.74. The zero-order chi connectivity index (χ0) is 18.4. The molecule has 5 heteroatoms. The van der Waals surface area contributed by atoms with Crippen LogP contribution in [0.3, 0.4) is 0 Å². The van der Waals surface area contributed by atoms with Gasteiger partial charge in [0, 0.05) is 23.7 Å². The standard InChI is InChI=1S/C21H25N3O2/c22-8-3-4-9-23-10-5-11-24-19-14-20(25)17-12-15-6-1-2-7-16(15)13-18(17)21(19)26/h1-2,6-7,12-14,23-24H,3-5,8-11,22H2. The van der Waals surface area contributed by atoms with Crippen molar-refractivity contribution in [3.05, 3.63) is 59.3 Å². The van der Waals surface area contributed by atoms with Crippen molar-refractivity contribution in [2.24, 2.45) is 5.73 Å². The molecule has 0 spiro atoms. The van der Waals surface area contributed by atoms with E-state index in [1.807, 2.05) is 36.4 Å². The molecule has 0 bridgehead atoms. The van der Waals surface area contributed by atoms with Crippen LogP contribution < -0.4 is 16.4 Å². The number of carbonyl (C=O) groups is 2. The van der Waals surface area contributed by atoms with Crippen LogP contribution in [0.5, 0.6) is 0 Å². The predicted octanol–water partition coefficient (Wildman–Crippen LogP) is 2.41. The lowest BCUT2D eigenvalue weighted by molar-refractivity contribution is 0.0978. The zero-order valence-electron chi connectivity index (χ0n) is 14.9. The molecule has 3 rings (SSSR count). The molecule has 0 aromatic heterocycles. The van der Waals surface area contributed by atoms with E-state index in [0.717, 1.165) is 49.7 Å². The molecule has 1 aliphatic carbocycles. The van der Waals surface area contributed by atoms with Crippen molar-refractivity contribution in [2.75, 3.05) is 26.2 Å². The average molecular weight is 351 g/mol. The fourth-order valence-electron chi connectivity index (χ4n) is 3.14. The van der Waals surface area contributed by atoms with E-state index in [9.17, 15) is 9.59 Å². The Morgan fingerprint density at radius 1 is 0.846 bits per heavy atom. The van der Waals surface area contributed by atoms with Crippen molar-refractivity contribution in [3.63, 3.8) is 0 Å². The third-order valence-corrected chi connectivity index (χ3v) is 4.57. The average Bonchev–Trinajstić information content (AvgIpc) is 2.66. The van der Waals surface area contributed by atoms with Gasteiger partial charge in [-0.05, 0) is 61.8 Å². The van der Waals surface area contributed by atoms with Gasteiger partial charge in [-0.1, -0.05) is 24.3 Å². The van der Waals surface area contributed by atoms with Crippen molar-refractivity contribution in [1.82, 2.24) is 10.6 Å². The van der Waals surface area contributed by atoms with E-state index in [1.165, 1.54) is 6.08 Å². The van der Waals surface area contributed by atoms with Gasteiger partial charge >= 0.3 is 0 Å². The van der Waals surface area contributed by atoms with Crippen molar-refractivity contribution >= 4 is 22.3 Å². The van der Waals surface area contributed by atoms with Gasteiger partial charge in [-0.25, -0.2) is 0 Å². The topological polar surface area (TPSA) is 84.2 Å². The second-order valence-corrected chi connectivity index (χ2v) is 6.52. The fraction of sp³-hybridized carbons (Fsp3) is 0.333. The van der Waals surface area contributed by atoms with E-state index in [0.29, 0.717) is 23.4 Å². The van der Waals surface area contributed by atoms with Crippen LogP contribution in [0.4, 0.5) is 0 Å². The van der Waals surface area contributed by atoms with E-state index < -0.39 is 0 Å². The number of hydrogen-bond donors (Lipinski definition) is 3. The highest BCUT2D eigenvalue weighted by molar-refractivity contribution is 6.25. The van der Waals surface area contributed by atoms with Gasteiger partial charge in [0.2, 0.25) is 5.78 Å². The fourth-order valence-corrected chi connectivity index (χ4v) is 3.14. The Bertz CT molecular complexity index is 842. The highest BCUT2D eigenvalue weighted by Crippen LogP contribution is 2.26. The lowest BCUT2D eigenvalue weighted by Crippen LogP contribution is -2.29. The number of allylic oxidation sites excluding steroid dienone is 2. The molecule has 0 heterocycles. The summed E-state index contributed by atoms with van der Waals surface area (Å²) in [4.78, 5) is 25.2. The number of nitrogens with one attached hydrogen (secondary N) is 2. The third kappa shape index (κ3) is 4.18. The number of benzene rings is 2. The van der Waals surface area contributed by atoms with Crippen LogP contribution >= 0.6 is 0 Å². The largest absolute Gasteiger partial charge is 0.382 e. The Morgan fingerprint density at radius 2 is 1.54 bits per heavy atom. The third-order valence-electron chi connectivity index (χ3n) is 4.57. The summed E-state index contributed by atoms with van der Waals surface area (Å²) >= 11 is 0. The van der Waals surface area contributed by atoms with Crippen molar-refractivity contribution in [2.45, 2.75) is 19.3 Å². The molecule has 0 aliphatic heterocycles. The van der Waals surface area contributed by atoms with Crippen LogP contribution in [0.1, 0.15) is 40.0 Å². The molecule has 2 aromatic rings. The molecule has 0 saturated carbocycles. The van der Waals surface area contributed by atoms with Gasteiger partial charge in [0.1, 0.15) is 0 Å². The minimum atomic E-state index is -0.118. The van der Waals surface area contributed by atoms with Gasteiger partial charge < -0.3 is 16.4 Å². The van der Waals surface area contributed by atoms with Gasteiger partial charge in [0.25, 0.3) is 0 Å². The van der Waals surface area contributed by atoms with Crippen LogP contribution in [0.25, 0.3) is 10.8 Å². The number of Topliss-reactive ketones (excluding diaryl/α,β-unsaturated/α-hetero) is 1. The molecule has 26 heavy (non-hydrogen) atoms. The van der Waals surface area contributed by atoms with Gasteiger partial charge in [-0.2, -0.15) is 0 Å². The Labute approximate surface area is 153 Å². The van der Waals surface area contributed by atoms with Gasteiger partial charge in [-0.3, -0.25) is 9.59 Å². The lowest BCUT2D eigenvalue weighted by Gasteiger charge is -2.17. The van der Waals surface area contributed by atoms with Crippen LogP contribution in [-0.2, 0) is 0 Å². The highest BCUT2D eigenvalue weighted by atomic mass is 16.1. The van der Waals surface area contributed by atoms with Crippen LogP contribution in [0.15, 0.2) is 48.2 Å². The van der Waals surface area contributed by atoms with Crippen molar-refractivity contribution in [3.8, 4) is 0 Å². The molecule has 2 aromatic carbocycles. The van der Waals surface area contributed by atoms with Crippen LogP contribution in [-0.4, -0.2) is 37.7 Å². The minimum Gasteiger partial charge on any atom is -0.382 e. The SMILES string of the molecule is NCCCCNCCCNC1=CC(=O)c2cc3ccccc3cc2C1=O. The number of carbonyl (C=O) groups excluding carboxylic acids is 2. The summed E-state index contributed by atoms with van der Waals surface area (Å²) in [6, 6.07) is 11.4. The van der Waals surface area contributed by atoms with Gasteiger partial charge in [0.15, 0.2) is 5.78 Å². The van der Waals surface area contributed by atoms with E-state index in [4.69, 9.17) is 5.73 Å². The Hall–Kier alpha value is -2.50. The molecular formula is C21H25N3O2. The summed E-state index contributed by atoms with van der Waals surface area (Å²) in [7, 11) is 0. The first-order valence-electron chi connectivity index (χ1n) is 9.19. The number of fused-ring (bicyclic) bond motifs is 2. The zero-order valence-corrected chi connectivity index (χ0v) is 14.9. The number of rotatable bonds is 9. The molecule has 5 nitrogen and oxygen atoms in total. The molecule has 0 saturated heterocycles. The first kappa shape index (κ1) is 18.3. The summed E-state index contributed by atoms with van der Waals surface area (Å²) in [6.07, 6.45) is 4.41. The smallest absolute Gasteiger partial charge is 0.209 e. The minimum absolute atomic E-state index is 0.110. The number of nitrogens with two attached hydrogens (primary N) is 1. The Balaban J connectivity index is 1.59. The first-order valence-corrected chi connectivity index (χ1v) is 9.19. The van der Waals surface area contributed by atoms with Gasteiger partial charge in [-0.15, -0.1) is 0 Å². The van der Waals surface area contributed by atoms with Crippen LogP contribution in [0.2, 0.25) is 0 Å². The second-order valence-electron chi connectivity index (χ2n) is 6.52. The quantitative estimate of drug-likeness (QED) is 0.604. The van der Waals surface area contributed by atoms with Crippen LogP contribution in [0, 0.1) is 0 Å². The van der Waals surface area contributed by atoms with Gasteiger partial charge in [0.05, 0.1) is 5.70 Å². The maximum Gasteiger partial charge on any atom is 0.209 e. The van der Waals surface area contributed by atoms with E-state index in [1.54, 1.807) is 0 Å². The summed E-state index contributed by atoms with van der Waals surface area (Å²) < 4.78 is 0. The molecule has 1 aliphatic rings. The molecule has 0 radical (unpaired) electrons. The summed E-state index contributed by atoms with van der Waals surface area (Å²) in [5.41, 5.74) is 6.82. The maximum atomic E-state index is 12.7. The Morgan fingerprint density at radius 3 is 2.27 bits per heavy atom. The lowest BCUT2D eigenvalue weighted by atomic mass is 9.90. The van der Waals surface area contributed by atoms with Crippen molar-refractivity contribution < 1.29 is 9.59 Å². The molecule has 136 valence electrons. The molecule has 0 unspecified atom stereocenters. The molecule has 0 amide bonds.